The zero-order chi connectivity index (χ0) is 15.4. The number of rotatable bonds is 5. The van der Waals surface area contributed by atoms with Crippen LogP contribution in [0.25, 0.3) is 6.08 Å². The Hall–Kier alpha value is -2.63. The van der Waals surface area contributed by atoms with Gasteiger partial charge in [0, 0.05) is 38.3 Å². The van der Waals surface area contributed by atoms with Gasteiger partial charge in [-0.2, -0.15) is 0 Å². The van der Waals surface area contributed by atoms with Crippen molar-refractivity contribution in [2.24, 2.45) is 7.05 Å². The second-order valence-electron chi connectivity index (χ2n) is 4.72. The number of carboxylic acids is 1. The first-order valence-corrected chi connectivity index (χ1v) is 6.34. The topological polar surface area (TPSA) is 58.4 Å². The summed E-state index contributed by atoms with van der Waals surface area (Å²) in [6.07, 6.45) is 5.90. The van der Waals surface area contributed by atoms with Gasteiger partial charge in [-0.1, -0.05) is 0 Å². The number of aromatic nitrogens is 2. The highest BCUT2D eigenvalue weighted by atomic mass is 19.1. The molecule has 0 amide bonds. The van der Waals surface area contributed by atoms with E-state index in [-0.39, 0.29) is 0 Å². The van der Waals surface area contributed by atoms with Crippen LogP contribution < -0.4 is 4.90 Å². The molecule has 1 aromatic carbocycles. The summed E-state index contributed by atoms with van der Waals surface area (Å²) in [6, 6.07) is 4.42. The molecule has 6 heteroatoms. The molecule has 0 unspecified atom stereocenters. The fourth-order valence-electron chi connectivity index (χ4n) is 1.93. The van der Waals surface area contributed by atoms with Crippen molar-refractivity contribution < 1.29 is 14.3 Å². The summed E-state index contributed by atoms with van der Waals surface area (Å²) in [4.78, 5) is 16.6. The van der Waals surface area contributed by atoms with E-state index in [0.29, 0.717) is 17.8 Å². The number of hydrogen-bond acceptors (Lipinski definition) is 3. The quantitative estimate of drug-likeness (QED) is 0.858. The van der Waals surface area contributed by atoms with Gasteiger partial charge in [0.1, 0.15) is 11.6 Å². The maximum atomic E-state index is 13.6. The minimum Gasteiger partial charge on any atom is -0.478 e. The van der Waals surface area contributed by atoms with Crippen LogP contribution in [0.3, 0.4) is 0 Å². The van der Waals surface area contributed by atoms with Crippen molar-refractivity contribution >= 4 is 17.7 Å². The normalized spacial score (nSPS) is 11.0. The van der Waals surface area contributed by atoms with Gasteiger partial charge in [-0.25, -0.2) is 14.2 Å². The first-order chi connectivity index (χ1) is 9.95. The molecule has 1 heterocycles. The fraction of sp³-hybridized carbons (Fsp3) is 0.200. The summed E-state index contributed by atoms with van der Waals surface area (Å²) in [6.45, 7) is 0.523. The van der Waals surface area contributed by atoms with Crippen molar-refractivity contribution in [3.05, 3.63) is 53.9 Å². The SMILES string of the molecule is CN(Cc1nccn1C)c1cc(F)cc(/C=C/C(=O)O)c1. The van der Waals surface area contributed by atoms with Crippen LogP contribution in [0.5, 0.6) is 0 Å². The van der Waals surface area contributed by atoms with Gasteiger partial charge in [0.25, 0.3) is 0 Å². The largest absolute Gasteiger partial charge is 0.478 e. The summed E-state index contributed by atoms with van der Waals surface area (Å²) in [5.41, 5.74) is 1.15. The van der Waals surface area contributed by atoms with Gasteiger partial charge >= 0.3 is 5.97 Å². The summed E-state index contributed by atoms with van der Waals surface area (Å²) < 4.78 is 15.5. The molecule has 1 aromatic heterocycles. The van der Waals surface area contributed by atoms with Crippen LogP contribution in [0.2, 0.25) is 0 Å². The van der Waals surface area contributed by atoms with E-state index in [9.17, 15) is 9.18 Å². The van der Waals surface area contributed by atoms with E-state index in [1.807, 2.05) is 29.8 Å². The lowest BCUT2D eigenvalue weighted by molar-refractivity contribution is -0.131. The molecule has 110 valence electrons. The number of carboxylic acid groups (broad SMARTS) is 1. The lowest BCUT2D eigenvalue weighted by Crippen LogP contribution is -2.19. The fourth-order valence-corrected chi connectivity index (χ4v) is 1.93. The third-order valence-electron chi connectivity index (χ3n) is 3.06. The van der Waals surface area contributed by atoms with Crippen LogP contribution in [0.1, 0.15) is 11.4 Å². The number of carbonyl (C=O) groups is 1. The number of nitrogens with zero attached hydrogens (tertiary/aromatic N) is 3. The maximum absolute atomic E-state index is 13.6. The molecule has 5 nitrogen and oxygen atoms in total. The predicted molar refractivity (Wildman–Crippen MR) is 78.4 cm³/mol. The Morgan fingerprint density at radius 1 is 1.48 bits per heavy atom. The Morgan fingerprint density at radius 3 is 2.86 bits per heavy atom. The van der Waals surface area contributed by atoms with Crippen molar-refractivity contribution in [1.82, 2.24) is 9.55 Å². The number of imidazole rings is 1. The monoisotopic (exact) mass is 289 g/mol. The number of halogens is 1. The molecule has 0 aliphatic carbocycles. The molecular formula is C15H16FN3O2. The molecule has 21 heavy (non-hydrogen) atoms. The summed E-state index contributed by atoms with van der Waals surface area (Å²) in [5.74, 6) is -0.629. The van der Waals surface area contributed by atoms with Gasteiger partial charge < -0.3 is 14.6 Å². The average Bonchev–Trinajstić information content (AvgIpc) is 2.81. The molecule has 0 atom stereocenters. The van der Waals surface area contributed by atoms with Crippen LogP contribution in [0, 0.1) is 5.82 Å². The molecule has 0 saturated heterocycles. The summed E-state index contributed by atoms with van der Waals surface area (Å²) >= 11 is 0. The smallest absolute Gasteiger partial charge is 0.328 e. The molecule has 2 aromatic rings. The van der Waals surface area contributed by atoms with Gasteiger partial charge in [-0.3, -0.25) is 0 Å². The van der Waals surface area contributed by atoms with E-state index in [2.05, 4.69) is 4.98 Å². The molecule has 0 fully saturated rings. The predicted octanol–water partition coefficient (Wildman–Crippen LogP) is 2.29. The summed E-state index contributed by atoms with van der Waals surface area (Å²) in [7, 11) is 3.72. The third-order valence-corrected chi connectivity index (χ3v) is 3.06. The number of anilines is 1. The molecule has 0 aliphatic rings. The number of hydrogen-bond donors (Lipinski definition) is 1. The molecular weight excluding hydrogens is 273 g/mol. The average molecular weight is 289 g/mol. The highest BCUT2D eigenvalue weighted by Gasteiger charge is 2.08. The van der Waals surface area contributed by atoms with E-state index in [4.69, 9.17) is 5.11 Å². The van der Waals surface area contributed by atoms with Crippen molar-refractivity contribution in [2.75, 3.05) is 11.9 Å². The number of benzene rings is 1. The van der Waals surface area contributed by atoms with Crippen LogP contribution in [-0.2, 0) is 18.4 Å². The Balaban J connectivity index is 2.22. The Labute approximate surface area is 122 Å². The van der Waals surface area contributed by atoms with Crippen LogP contribution >= 0.6 is 0 Å². The highest BCUT2D eigenvalue weighted by Crippen LogP contribution is 2.20. The first kappa shape index (κ1) is 14.8. The van der Waals surface area contributed by atoms with Gasteiger partial charge in [-0.05, 0) is 29.8 Å². The van der Waals surface area contributed by atoms with Crippen molar-refractivity contribution in [3.8, 4) is 0 Å². The molecule has 0 bridgehead atoms. The Kier molecular flexibility index (Phi) is 4.37. The van der Waals surface area contributed by atoms with Crippen molar-refractivity contribution in [1.29, 1.82) is 0 Å². The van der Waals surface area contributed by atoms with E-state index >= 15 is 0 Å². The molecule has 1 N–H and O–H groups in total. The standard InChI is InChI=1S/C15H16FN3O2/c1-18-6-5-17-14(18)10-19(2)13-8-11(3-4-15(20)21)7-12(16)9-13/h3-9H,10H2,1-2H3,(H,20,21)/b4-3+. The number of aryl methyl sites for hydroxylation is 1. The van der Waals surface area contributed by atoms with E-state index in [1.165, 1.54) is 18.2 Å². The van der Waals surface area contributed by atoms with E-state index in [0.717, 1.165) is 11.9 Å². The van der Waals surface area contributed by atoms with Gasteiger partial charge in [0.15, 0.2) is 0 Å². The van der Waals surface area contributed by atoms with Crippen LogP contribution in [0.4, 0.5) is 10.1 Å². The zero-order valence-electron chi connectivity index (χ0n) is 11.8. The van der Waals surface area contributed by atoms with E-state index in [1.54, 1.807) is 12.3 Å². The van der Waals surface area contributed by atoms with E-state index < -0.39 is 11.8 Å². The lowest BCUT2D eigenvalue weighted by atomic mass is 10.1. The lowest BCUT2D eigenvalue weighted by Gasteiger charge is -2.19. The second kappa shape index (κ2) is 6.21. The minimum absolute atomic E-state index is 0.413. The van der Waals surface area contributed by atoms with Gasteiger partial charge in [0.2, 0.25) is 0 Å². The van der Waals surface area contributed by atoms with Crippen LogP contribution in [0.15, 0.2) is 36.7 Å². The van der Waals surface area contributed by atoms with Crippen molar-refractivity contribution in [3.63, 3.8) is 0 Å². The molecule has 2 rings (SSSR count). The molecule has 0 saturated carbocycles. The minimum atomic E-state index is -1.07. The highest BCUT2D eigenvalue weighted by molar-refractivity contribution is 5.85. The zero-order valence-corrected chi connectivity index (χ0v) is 11.8. The summed E-state index contributed by atoms with van der Waals surface area (Å²) in [5, 5.41) is 8.62. The van der Waals surface area contributed by atoms with Crippen LogP contribution in [-0.4, -0.2) is 27.7 Å². The molecule has 0 aliphatic heterocycles. The number of aliphatic carboxylic acids is 1. The Morgan fingerprint density at radius 2 is 2.24 bits per heavy atom. The molecule has 0 radical (unpaired) electrons. The third kappa shape index (κ3) is 3.92. The van der Waals surface area contributed by atoms with Crippen molar-refractivity contribution in [2.45, 2.75) is 6.54 Å². The molecule has 0 spiro atoms. The van der Waals surface area contributed by atoms with Gasteiger partial charge in [-0.15, -0.1) is 0 Å². The Bertz CT molecular complexity index is 679. The first-order valence-electron chi connectivity index (χ1n) is 6.34. The maximum Gasteiger partial charge on any atom is 0.328 e. The van der Waals surface area contributed by atoms with Gasteiger partial charge in [0.05, 0.1) is 6.54 Å². The second-order valence-corrected chi connectivity index (χ2v) is 4.72.